The van der Waals surface area contributed by atoms with Crippen LogP contribution in [-0.2, 0) is 22.4 Å². The Balaban J connectivity index is 2.22. The quantitative estimate of drug-likeness (QED) is 0.645. The highest BCUT2D eigenvalue weighted by Crippen LogP contribution is 2.31. The van der Waals surface area contributed by atoms with E-state index in [4.69, 9.17) is 9.47 Å². The van der Waals surface area contributed by atoms with Crippen LogP contribution in [0.3, 0.4) is 0 Å². The fourth-order valence-corrected chi connectivity index (χ4v) is 2.98. The van der Waals surface area contributed by atoms with Crippen molar-refractivity contribution in [3.8, 4) is 11.5 Å². The van der Waals surface area contributed by atoms with Crippen molar-refractivity contribution < 1.29 is 19.1 Å². The van der Waals surface area contributed by atoms with Gasteiger partial charge in [-0.05, 0) is 49.9 Å². The molecule has 0 heterocycles. The predicted octanol–water partition coefficient (Wildman–Crippen LogP) is 4.43. The van der Waals surface area contributed by atoms with Gasteiger partial charge in [0.1, 0.15) is 5.41 Å². The largest absolute Gasteiger partial charge is 0.493 e. The van der Waals surface area contributed by atoms with Gasteiger partial charge in [0.25, 0.3) is 0 Å². The Morgan fingerprint density at radius 2 is 1.41 bits per heavy atom. The van der Waals surface area contributed by atoms with Crippen LogP contribution in [0.5, 0.6) is 11.5 Å². The summed E-state index contributed by atoms with van der Waals surface area (Å²) < 4.78 is 10.5. The molecule has 0 radical (unpaired) electrons. The minimum absolute atomic E-state index is 0.355. The number of anilines is 2. The summed E-state index contributed by atoms with van der Waals surface area (Å²) in [6.07, 6.45) is 1.59. The van der Waals surface area contributed by atoms with Gasteiger partial charge >= 0.3 is 0 Å². The number of carbonyl (C=O) groups excluding carboxylic acids is 2. The van der Waals surface area contributed by atoms with Crippen LogP contribution in [0.25, 0.3) is 0 Å². The second kappa shape index (κ2) is 9.45. The Labute approximate surface area is 172 Å². The Hall–Kier alpha value is -3.02. The topological polar surface area (TPSA) is 76.7 Å². The standard InChI is InChI=1S/C23H30N2O4/c1-7-15-10-9-11-16(8-2)20(15)25-22(27)23(3,4)21(26)24-17-12-13-18(28-5)19(14-17)29-6/h9-14H,7-8H2,1-6H3,(H,24,26)(H,25,27). The lowest BCUT2D eigenvalue weighted by Gasteiger charge is -2.24. The van der Waals surface area contributed by atoms with Crippen molar-refractivity contribution >= 4 is 23.2 Å². The van der Waals surface area contributed by atoms with E-state index in [1.807, 2.05) is 32.0 Å². The minimum atomic E-state index is -1.28. The Kier molecular flexibility index (Phi) is 7.26. The third-order valence-corrected chi connectivity index (χ3v) is 5.01. The first kappa shape index (κ1) is 22.3. The van der Waals surface area contributed by atoms with Gasteiger partial charge < -0.3 is 20.1 Å². The highest BCUT2D eigenvalue weighted by Gasteiger charge is 2.36. The Morgan fingerprint density at radius 3 is 1.93 bits per heavy atom. The number of aryl methyl sites for hydroxylation is 2. The first-order valence-electron chi connectivity index (χ1n) is 9.74. The lowest BCUT2D eigenvalue weighted by atomic mass is 9.90. The molecule has 0 aliphatic carbocycles. The zero-order valence-corrected chi connectivity index (χ0v) is 18.0. The van der Waals surface area contributed by atoms with Gasteiger partial charge in [-0.25, -0.2) is 0 Å². The van der Waals surface area contributed by atoms with Gasteiger partial charge in [0.15, 0.2) is 11.5 Å². The summed E-state index contributed by atoms with van der Waals surface area (Å²) in [7, 11) is 3.07. The van der Waals surface area contributed by atoms with Crippen LogP contribution in [0, 0.1) is 5.41 Å². The molecule has 29 heavy (non-hydrogen) atoms. The molecule has 0 unspecified atom stereocenters. The molecular weight excluding hydrogens is 368 g/mol. The van der Waals surface area contributed by atoms with Gasteiger partial charge in [-0.15, -0.1) is 0 Å². The molecule has 2 aromatic carbocycles. The highest BCUT2D eigenvalue weighted by atomic mass is 16.5. The summed E-state index contributed by atoms with van der Waals surface area (Å²) in [6.45, 7) is 7.30. The summed E-state index contributed by atoms with van der Waals surface area (Å²) in [5, 5.41) is 5.78. The first-order chi connectivity index (χ1) is 13.8. The molecule has 0 saturated carbocycles. The fourth-order valence-electron chi connectivity index (χ4n) is 2.98. The smallest absolute Gasteiger partial charge is 0.239 e. The number of hydrogen-bond acceptors (Lipinski definition) is 4. The van der Waals surface area contributed by atoms with Crippen LogP contribution in [0.2, 0.25) is 0 Å². The van der Waals surface area contributed by atoms with E-state index in [-0.39, 0.29) is 5.91 Å². The van der Waals surface area contributed by atoms with E-state index >= 15 is 0 Å². The number of methoxy groups -OCH3 is 2. The van der Waals surface area contributed by atoms with Gasteiger partial charge in [-0.2, -0.15) is 0 Å². The van der Waals surface area contributed by atoms with E-state index < -0.39 is 11.3 Å². The molecule has 0 fully saturated rings. The van der Waals surface area contributed by atoms with Crippen molar-refractivity contribution in [2.75, 3.05) is 24.9 Å². The van der Waals surface area contributed by atoms with E-state index in [9.17, 15) is 9.59 Å². The number of para-hydroxylation sites is 1. The zero-order chi connectivity index (χ0) is 21.6. The highest BCUT2D eigenvalue weighted by molar-refractivity contribution is 6.14. The molecule has 156 valence electrons. The molecular formula is C23H30N2O4. The van der Waals surface area contributed by atoms with Crippen molar-refractivity contribution in [3.05, 3.63) is 47.5 Å². The van der Waals surface area contributed by atoms with Crippen LogP contribution >= 0.6 is 0 Å². The number of carbonyl (C=O) groups is 2. The molecule has 0 aromatic heterocycles. The van der Waals surface area contributed by atoms with E-state index in [2.05, 4.69) is 10.6 Å². The number of hydrogen-bond donors (Lipinski definition) is 2. The number of nitrogens with one attached hydrogen (secondary N) is 2. The molecule has 2 rings (SSSR count). The molecule has 0 aliphatic rings. The minimum Gasteiger partial charge on any atom is -0.493 e. The molecule has 0 bridgehead atoms. The van der Waals surface area contributed by atoms with Crippen LogP contribution in [0.4, 0.5) is 11.4 Å². The predicted molar refractivity (Wildman–Crippen MR) is 116 cm³/mol. The van der Waals surface area contributed by atoms with Crippen LogP contribution < -0.4 is 20.1 Å². The van der Waals surface area contributed by atoms with Crippen LogP contribution in [0.1, 0.15) is 38.8 Å². The third kappa shape index (κ3) is 4.88. The average molecular weight is 399 g/mol. The molecule has 6 nitrogen and oxygen atoms in total. The zero-order valence-electron chi connectivity index (χ0n) is 18.0. The molecule has 6 heteroatoms. The number of amides is 2. The van der Waals surface area contributed by atoms with Crippen molar-refractivity contribution in [3.63, 3.8) is 0 Å². The maximum Gasteiger partial charge on any atom is 0.239 e. The van der Waals surface area contributed by atoms with Crippen LogP contribution in [0.15, 0.2) is 36.4 Å². The maximum absolute atomic E-state index is 13.0. The fraction of sp³-hybridized carbons (Fsp3) is 0.391. The normalized spacial score (nSPS) is 11.0. The van der Waals surface area contributed by atoms with E-state index in [0.29, 0.717) is 17.2 Å². The Bertz CT molecular complexity index is 868. The second-order valence-electron chi connectivity index (χ2n) is 7.26. The molecule has 0 aliphatic heterocycles. The summed E-state index contributed by atoms with van der Waals surface area (Å²) in [4.78, 5) is 25.9. The SMILES string of the molecule is CCc1cccc(CC)c1NC(=O)C(C)(C)C(=O)Nc1ccc(OC)c(OC)c1. The molecule has 2 N–H and O–H groups in total. The first-order valence-corrected chi connectivity index (χ1v) is 9.74. The van der Waals surface area contributed by atoms with Gasteiger partial charge in [0.2, 0.25) is 11.8 Å². The summed E-state index contributed by atoms with van der Waals surface area (Å²) in [6, 6.07) is 11.0. The summed E-state index contributed by atoms with van der Waals surface area (Å²) in [5.41, 5.74) is 2.15. The number of benzene rings is 2. The number of rotatable bonds is 8. The number of ether oxygens (including phenoxy) is 2. The van der Waals surface area contributed by atoms with Crippen molar-refractivity contribution in [1.29, 1.82) is 0 Å². The van der Waals surface area contributed by atoms with E-state index in [1.54, 1.807) is 39.2 Å². The summed E-state index contributed by atoms with van der Waals surface area (Å²) >= 11 is 0. The van der Waals surface area contributed by atoms with E-state index in [0.717, 1.165) is 29.7 Å². The van der Waals surface area contributed by atoms with Gasteiger partial charge in [0, 0.05) is 17.4 Å². The van der Waals surface area contributed by atoms with Gasteiger partial charge in [-0.1, -0.05) is 32.0 Å². The molecule has 2 aromatic rings. The van der Waals surface area contributed by atoms with Crippen LogP contribution in [-0.4, -0.2) is 26.0 Å². The average Bonchev–Trinajstić information content (AvgIpc) is 2.73. The summed E-state index contributed by atoms with van der Waals surface area (Å²) in [5.74, 6) is 0.295. The maximum atomic E-state index is 13.0. The van der Waals surface area contributed by atoms with Gasteiger partial charge in [0.05, 0.1) is 14.2 Å². The lowest BCUT2D eigenvalue weighted by molar-refractivity contribution is -0.135. The van der Waals surface area contributed by atoms with Crippen molar-refractivity contribution in [2.45, 2.75) is 40.5 Å². The molecule has 0 atom stereocenters. The molecule has 0 saturated heterocycles. The molecule has 0 spiro atoms. The molecule has 2 amide bonds. The monoisotopic (exact) mass is 398 g/mol. The van der Waals surface area contributed by atoms with Crippen molar-refractivity contribution in [2.24, 2.45) is 5.41 Å². The van der Waals surface area contributed by atoms with Crippen molar-refractivity contribution in [1.82, 2.24) is 0 Å². The Morgan fingerprint density at radius 1 is 0.862 bits per heavy atom. The lowest BCUT2D eigenvalue weighted by Crippen LogP contribution is -2.42. The third-order valence-electron chi connectivity index (χ3n) is 5.01. The second-order valence-corrected chi connectivity index (χ2v) is 7.26. The van der Waals surface area contributed by atoms with E-state index in [1.165, 1.54) is 7.11 Å². The van der Waals surface area contributed by atoms with Gasteiger partial charge in [-0.3, -0.25) is 9.59 Å².